The van der Waals surface area contributed by atoms with Crippen molar-refractivity contribution in [2.45, 2.75) is 9.92 Å². The first-order valence-corrected chi connectivity index (χ1v) is 7.32. The number of aromatic nitrogens is 2. The maximum atomic E-state index is 8.89. The first-order valence-electron chi connectivity index (χ1n) is 6.50. The van der Waals surface area contributed by atoms with Crippen LogP contribution in [0.4, 0.5) is 11.5 Å². The molecule has 2 aromatic rings. The number of ether oxygens (including phenoxy) is 1. The maximum Gasteiger partial charge on any atom is 0.168 e. The van der Waals surface area contributed by atoms with Gasteiger partial charge in [0.2, 0.25) is 0 Å². The molecule has 0 saturated heterocycles. The van der Waals surface area contributed by atoms with Crippen LogP contribution in [0.1, 0.15) is 5.56 Å². The number of anilines is 2. The number of methoxy groups -OCH3 is 1. The molecule has 3 rings (SSSR count). The van der Waals surface area contributed by atoms with E-state index < -0.39 is 0 Å². The van der Waals surface area contributed by atoms with E-state index in [4.69, 9.17) is 9.84 Å². The second-order valence-corrected chi connectivity index (χ2v) is 5.48. The second-order valence-electron chi connectivity index (χ2n) is 4.45. The van der Waals surface area contributed by atoms with Crippen LogP contribution in [-0.4, -0.2) is 35.5 Å². The van der Waals surface area contributed by atoms with Crippen LogP contribution in [-0.2, 0) is 4.74 Å². The molecule has 0 amide bonds. The minimum atomic E-state index is 0.0297. The fourth-order valence-electron chi connectivity index (χ4n) is 2.18. The Morgan fingerprint density at radius 1 is 1.33 bits per heavy atom. The van der Waals surface area contributed by atoms with Gasteiger partial charge in [-0.05, 0) is 17.7 Å². The van der Waals surface area contributed by atoms with Gasteiger partial charge < -0.3 is 9.84 Å². The first-order chi connectivity index (χ1) is 10.3. The maximum absolute atomic E-state index is 8.89. The number of hydrogen-bond acceptors (Lipinski definition) is 6. The molecule has 6 heteroatoms. The van der Waals surface area contributed by atoms with Crippen LogP contribution in [0, 0.1) is 0 Å². The fourth-order valence-corrected chi connectivity index (χ4v) is 3.16. The van der Waals surface area contributed by atoms with Crippen molar-refractivity contribution in [3.63, 3.8) is 0 Å². The van der Waals surface area contributed by atoms with E-state index in [1.807, 2.05) is 17.0 Å². The van der Waals surface area contributed by atoms with Crippen LogP contribution >= 0.6 is 11.8 Å². The number of aliphatic hydroxyl groups excluding tert-OH is 1. The Hall–Kier alpha value is -1.89. The summed E-state index contributed by atoms with van der Waals surface area (Å²) in [6.45, 7) is 0.439. The monoisotopic (exact) mass is 301 g/mol. The highest BCUT2D eigenvalue weighted by Gasteiger charge is 2.25. The highest BCUT2D eigenvalue weighted by Crippen LogP contribution is 2.46. The van der Waals surface area contributed by atoms with Crippen molar-refractivity contribution in [3.05, 3.63) is 42.2 Å². The Morgan fingerprint density at radius 2 is 2.19 bits per heavy atom. The van der Waals surface area contributed by atoms with E-state index in [1.165, 1.54) is 0 Å². The van der Waals surface area contributed by atoms with E-state index in [1.54, 1.807) is 37.3 Å². The second kappa shape index (κ2) is 6.26. The number of nitrogens with zero attached hydrogens (tertiary/aromatic N) is 3. The van der Waals surface area contributed by atoms with Gasteiger partial charge in [-0.3, -0.25) is 4.90 Å². The molecule has 0 unspecified atom stereocenters. The van der Waals surface area contributed by atoms with Gasteiger partial charge in [0.1, 0.15) is 11.8 Å². The summed E-state index contributed by atoms with van der Waals surface area (Å²) in [7, 11) is 1.66. The Balaban J connectivity index is 2.06. The van der Waals surface area contributed by atoms with E-state index in [9.17, 15) is 0 Å². The molecular weight excluding hydrogens is 286 g/mol. The molecule has 1 aromatic heterocycles. The van der Waals surface area contributed by atoms with Gasteiger partial charge in [0.25, 0.3) is 0 Å². The highest BCUT2D eigenvalue weighted by molar-refractivity contribution is 7.99. The third-order valence-electron chi connectivity index (χ3n) is 3.06. The number of benzene rings is 1. The van der Waals surface area contributed by atoms with Crippen molar-refractivity contribution in [2.24, 2.45) is 0 Å². The Labute approximate surface area is 127 Å². The molecule has 0 spiro atoms. The minimum absolute atomic E-state index is 0.0297. The average molecular weight is 301 g/mol. The molecule has 5 nitrogen and oxygen atoms in total. The molecule has 0 radical (unpaired) electrons. The zero-order chi connectivity index (χ0) is 14.7. The largest absolute Gasteiger partial charge is 0.392 e. The van der Waals surface area contributed by atoms with Gasteiger partial charge in [-0.2, -0.15) is 0 Å². The third-order valence-corrected chi connectivity index (χ3v) is 4.10. The van der Waals surface area contributed by atoms with Crippen molar-refractivity contribution in [2.75, 3.05) is 25.3 Å². The summed E-state index contributed by atoms with van der Waals surface area (Å²) in [5, 5.41) is 9.77. The van der Waals surface area contributed by atoms with Gasteiger partial charge in [-0.25, -0.2) is 9.97 Å². The van der Waals surface area contributed by atoms with Crippen molar-refractivity contribution in [1.29, 1.82) is 0 Å². The molecular formula is C15H15N3O2S. The number of fused-ring (bicyclic) bond motifs is 2. The van der Waals surface area contributed by atoms with E-state index in [2.05, 4.69) is 22.1 Å². The SMILES string of the molecule is COCN1c2cc(C=CCO)ccc2Sc2nccnc21. The van der Waals surface area contributed by atoms with Crippen LogP contribution in [0.2, 0.25) is 0 Å². The summed E-state index contributed by atoms with van der Waals surface area (Å²) in [6.07, 6.45) is 6.98. The van der Waals surface area contributed by atoms with E-state index in [0.717, 1.165) is 27.0 Å². The molecule has 1 N–H and O–H groups in total. The van der Waals surface area contributed by atoms with Crippen LogP contribution in [0.5, 0.6) is 0 Å². The quantitative estimate of drug-likeness (QED) is 0.937. The number of hydrogen-bond donors (Lipinski definition) is 1. The van der Waals surface area contributed by atoms with Gasteiger partial charge in [-0.15, -0.1) is 0 Å². The summed E-state index contributed by atoms with van der Waals surface area (Å²) < 4.78 is 5.31. The van der Waals surface area contributed by atoms with Gasteiger partial charge in [0.15, 0.2) is 5.82 Å². The van der Waals surface area contributed by atoms with Gasteiger partial charge in [-0.1, -0.05) is 30.0 Å². The summed E-state index contributed by atoms with van der Waals surface area (Å²) in [4.78, 5) is 11.9. The lowest BCUT2D eigenvalue weighted by Gasteiger charge is -2.30. The molecule has 0 fully saturated rings. The molecule has 0 bridgehead atoms. The van der Waals surface area contributed by atoms with Crippen LogP contribution in [0.3, 0.4) is 0 Å². The molecule has 0 atom stereocenters. The molecule has 1 aliphatic rings. The fraction of sp³-hybridized carbons (Fsp3) is 0.200. The molecule has 1 aromatic carbocycles. The summed E-state index contributed by atoms with van der Waals surface area (Å²) in [5.74, 6) is 0.806. The van der Waals surface area contributed by atoms with Crippen LogP contribution < -0.4 is 4.90 Å². The highest BCUT2D eigenvalue weighted by atomic mass is 32.2. The zero-order valence-electron chi connectivity index (χ0n) is 11.6. The molecule has 21 heavy (non-hydrogen) atoms. The molecule has 0 saturated carbocycles. The lowest BCUT2D eigenvalue weighted by atomic mass is 10.1. The summed E-state index contributed by atoms with van der Waals surface area (Å²) in [6, 6.07) is 6.13. The van der Waals surface area contributed by atoms with Gasteiger partial charge in [0, 0.05) is 24.4 Å². The zero-order valence-corrected chi connectivity index (χ0v) is 12.4. The van der Waals surface area contributed by atoms with Crippen molar-refractivity contribution >= 4 is 29.3 Å². The summed E-state index contributed by atoms with van der Waals surface area (Å²) >= 11 is 1.60. The Morgan fingerprint density at radius 3 is 3.00 bits per heavy atom. The van der Waals surface area contributed by atoms with Crippen molar-refractivity contribution in [3.8, 4) is 0 Å². The van der Waals surface area contributed by atoms with E-state index >= 15 is 0 Å². The minimum Gasteiger partial charge on any atom is -0.392 e. The first kappa shape index (κ1) is 14.1. The topological polar surface area (TPSA) is 58.5 Å². The van der Waals surface area contributed by atoms with Gasteiger partial charge in [0.05, 0.1) is 12.3 Å². The van der Waals surface area contributed by atoms with Gasteiger partial charge >= 0.3 is 0 Å². The molecule has 108 valence electrons. The van der Waals surface area contributed by atoms with E-state index in [-0.39, 0.29) is 6.61 Å². The van der Waals surface area contributed by atoms with E-state index in [0.29, 0.717) is 6.73 Å². The van der Waals surface area contributed by atoms with Crippen LogP contribution in [0.15, 0.2) is 46.6 Å². The Kier molecular flexibility index (Phi) is 4.19. The molecule has 0 aliphatic carbocycles. The van der Waals surface area contributed by atoms with Crippen molar-refractivity contribution < 1.29 is 9.84 Å². The predicted octanol–water partition coefficient (Wildman–Crippen LogP) is 2.69. The summed E-state index contributed by atoms with van der Waals surface area (Å²) in [5.41, 5.74) is 2.06. The number of aliphatic hydroxyl groups is 1. The predicted molar refractivity (Wildman–Crippen MR) is 82.7 cm³/mol. The molecule has 1 aliphatic heterocycles. The number of rotatable bonds is 4. The normalized spacial score (nSPS) is 13.3. The molecule has 2 heterocycles. The Bertz CT molecular complexity index is 676. The lowest BCUT2D eigenvalue weighted by Crippen LogP contribution is -2.24. The third kappa shape index (κ3) is 2.78. The average Bonchev–Trinajstić information content (AvgIpc) is 2.53. The lowest BCUT2D eigenvalue weighted by molar-refractivity contribution is 0.205. The smallest absolute Gasteiger partial charge is 0.168 e. The van der Waals surface area contributed by atoms with Crippen molar-refractivity contribution in [1.82, 2.24) is 9.97 Å². The standard InChI is InChI=1S/C15H15N3O2S/c1-20-10-18-12-9-11(3-2-8-19)4-5-13(12)21-15-14(18)16-6-7-17-15/h2-7,9,19H,8,10H2,1H3. The van der Waals surface area contributed by atoms with Crippen LogP contribution in [0.25, 0.3) is 6.08 Å².